The van der Waals surface area contributed by atoms with Gasteiger partial charge in [-0.2, -0.15) is 5.26 Å². The molecule has 21 heavy (non-hydrogen) atoms. The molecule has 1 aliphatic rings. The number of nitrogens with one attached hydrogen (secondary N) is 1. The minimum absolute atomic E-state index is 0.0183. The van der Waals surface area contributed by atoms with Gasteiger partial charge in [0, 0.05) is 32.6 Å². The number of carbonyl (C=O) groups is 1. The van der Waals surface area contributed by atoms with E-state index >= 15 is 0 Å². The molecule has 1 saturated heterocycles. The summed E-state index contributed by atoms with van der Waals surface area (Å²) in [5.41, 5.74) is 6.60. The van der Waals surface area contributed by atoms with Crippen LogP contribution in [0, 0.1) is 11.3 Å². The summed E-state index contributed by atoms with van der Waals surface area (Å²) in [6.07, 6.45) is 0.392. The van der Waals surface area contributed by atoms with Gasteiger partial charge < -0.3 is 15.8 Å². The average molecular weight is 308 g/mol. The summed E-state index contributed by atoms with van der Waals surface area (Å²) >= 11 is 1.28. The maximum atomic E-state index is 11.8. The molecule has 0 radical (unpaired) electrons. The summed E-state index contributed by atoms with van der Waals surface area (Å²) in [4.78, 5) is 14.6. The molecule has 1 fully saturated rings. The number of Topliss-reactive ketones (excluding diaryl/α,β-unsaturated/α-hetero) is 1. The van der Waals surface area contributed by atoms with Gasteiger partial charge in [0.1, 0.15) is 16.6 Å². The minimum atomic E-state index is -0.0183. The van der Waals surface area contributed by atoms with Crippen molar-refractivity contribution < 1.29 is 9.53 Å². The van der Waals surface area contributed by atoms with Crippen LogP contribution in [0.5, 0.6) is 0 Å². The first kappa shape index (κ1) is 15.8. The number of ketones is 1. The number of hydrogen-bond acceptors (Lipinski definition) is 7. The Morgan fingerprint density at radius 3 is 2.86 bits per heavy atom. The number of nitrogens with zero attached hydrogens (tertiary/aromatic N) is 2. The third kappa shape index (κ3) is 3.73. The van der Waals surface area contributed by atoms with Gasteiger partial charge in [0.15, 0.2) is 5.78 Å². The zero-order valence-corrected chi connectivity index (χ0v) is 13.0. The van der Waals surface area contributed by atoms with E-state index in [1.54, 1.807) is 6.92 Å². The molecule has 0 aromatic carbocycles. The maximum Gasteiger partial charge on any atom is 0.174 e. The Hall–Kier alpha value is -1.62. The van der Waals surface area contributed by atoms with Crippen molar-refractivity contribution in [2.24, 2.45) is 0 Å². The molecule has 0 unspecified atom stereocenters. The van der Waals surface area contributed by atoms with Gasteiger partial charge in [-0.05, 0) is 0 Å². The van der Waals surface area contributed by atoms with Gasteiger partial charge in [0.25, 0.3) is 0 Å². The third-order valence-corrected chi connectivity index (χ3v) is 4.65. The number of anilines is 2. The number of nitrogen functional groups attached to an aromatic ring is 1. The van der Waals surface area contributed by atoms with Crippen molar-refractivity contribution in [3.63, 3.8) is 0 Å². The van der Waals surface area contributed by atoms with E-state index in [1.165, 1.54) is 11.3 Å². The zero-order chi connectivity index (χ0) is 15.2. The lowest BCUT2D eigenvalue weighted by Crippen LogP contribution is -2.38. The maximum absolute atomic E-state index is 11.8. The topological polar surface area (TPSA) is 91.4 Å². The molecule has 1 aromatic heterocycles. The quantitative estimate of drug-likeness (QED) is 0.775. The summed E-state index contributed by atoms with van der Waals surface area (Å²) in [5, 5.41) is 13.1. The lowest BCUT2D eigenvalue weighted by atomic mass is 10.2. The van der Waals surface area contributed by atoms with Crippen LogP contribution in [0.1, 0.15) is 28.6 Å². The molecule has 0 atom stereocenters. The Labute approximate surface area is 128 Å². The number of thiophene rings is 1. The number of carbonyl (C=O) groups excluding carboxylic acids is 1. The first-order valence-corrected chi connectivity index (χ1v) is 7.88. The van der Waals surface area contributed by atoms with Gasteiger partial charge in [0.05, 0.1) is 23.8 Å². The van der Waals surface area contributed by atoms with E-state index in [2.05, 4.69) is 16.3 Å². The van der Waals surface area contributed by atoms with Crippen LogP contribution in [0.3, 0.4) is 0 Å². The highest BCUT2D eigenvalue weighted by molar-refractivity contribution is 7.19. The second-order valence-electron chi connectivity index (χ2n) is 4.82. The predicted octanol–water partition coefficient (Wildman–Crippen LogP) is 1.54. The second-order valence-corrected chi connectivity index (χ2v) is 5.84. The fourth-order valence-electron chi connectivity index (χ4n) is 2.20. The normalized spacial score (nSPS) is 15.6. The van der Waals surface area contributed by atoms with E-state index < -0.39 is 0 Å². The van der Waals surface area contributed by atoms with E-state index in [0.29, 0.717) is 34.1 Å². The molecule has 0 amide bonds. The van der Waals surface area contributed by atoms with E-state index in [0.717, 1.165) is 32.8 Å². The highest BCUT2D eigenvalue weighted by atomic mass is 32.1. The molecule has 1 aliphatic heterocycles. The van der Waals surface area contributed by atoms with Crippen LogP contribution in [0.4, 0.5) is 10.7 Å². The van der Waals surface area contributed by atoms with Crippen LogP contribution in [0.15, 0.2) is 0 Å². The molecule has 6 nitrogen and oxygen atoms in total. The monoisotopic (exact) mass is 308 g/mol. The number of nitriles is 1. The van der Waals surface area contributed by atoms with Crippen LogP contribution in [-0.2, 0) is 4.74 Å². The smallest absolute Gasteiger partial charge is 0.174 e. The van der Waals surface area contributed by atoms with Crippen molar-refractivity contribution in [1.82, 2.24) is 4.90 Å². The lowest BCUT2D eigenvalue weighted by molar-refractivity contribution is 0.0398. The zero-order valence-electron chi connectivity index (χ0n) is 12.1. The predicted molar refractivity (Wildman–Crippen MR) is 83.8 cm³/mol. The van der Waals surface area contributed by atoms with Crippen LogP contribution in [0.2, 0.25) is 0 Å². The van der Waals surface area contributed by atoms with E-state index in [4.69, 9.17) is 10.5 Å². The summed E-state index contributed by atoms with van der Waals surface area (Å²) in [6, 6.07) is 2.09. The summed E-state index contributed by atoms with van der Waals surface area (Å²) in [7, 11) is 0. The van der Waals surface area contributed by atoms with Gasteiger partial charge in [-0.15, -0.1) is 11.3 Å². The fraction of sp³-hybridized carbons (Fsp3) is 0.571. The largest absolute Gasteiger partial charge is 0.396 e. The fourth-order valence-corrected chi connectivity index (χ4v) is 3.31. The van der Waals surface area contributed by atoms with Gasteiger partial charge in [0.2, 0.25) is 0 Å². The SMILES string of the molecule is CCC(=O)c1sc(NCCN2CCOCC2)c(C#N)c1N. The van der Waals surface area contributed by atoms with Crippen molar-refractivity contribution in [3.05, 3.63) is 10.4 Å². The molecule has 2 heterocycles. The van der Waals surface area contributed by atoms with Crippen molar-refractivity contribution in [2.75, 3.05) is 50.4 Å². The molecule has 2 rings (SSSR count). The molecule has 0 bridgehead atoms. The third-order valence-electron chi connectivity index (χ3n) is 3.45. The summed E-state index contributed by atoms with van der Waals surface area (Å²) < 4.78 is 5.30. The van der Waals surface area contributed by atoms with Crippen LogP contribution in [-0.4, -0.2) is 50.1 Å². The van der Waals surface area contributed by atoms with Gasteiger partial charge in [-0.25, -0.2) is 0 Å². The summed E-state index contributed by atoms with van der Waals surface area (Å²) in [6.45, 7) is 6.78. The Morgan fingerprint density at radius 2 is 2.24 bits per heavy atom. The Bertz CT molecular complexity index is 544. The van der Waals surface area contributed by atoms with Crippen LogP contribution >= 0.6 is 11.3 Å². The van der Waals surface area contributed by atoms with E-state index in [9.17, 15) is 10.1 Å². The molecule has 0 aliphatic carbocycles. The van der Waals surface area contributed by atoms with Crippen molar-refractivity contribution >= 4 is 27.8 Å². The molecule has 7 heteroatoms. The number of nitrogens with two attached hydrogens (primary N) is 1. The minimum Gasteiger partial charge on any atom is -0.396 e. The highest BCUT2D eigenvalue weighted by Gasteiger charge is 2.20. The Balaban J connectivity index is 1.99. The molecular formula is C14H20N4O2S. The van der Waals surface area contributed by atoms with Gasteiger partial charge in [-0.3, -0.25) is 9.69 Å². The van der Waals surface area contributed by atoms with Crippen molar-refractivity contribution in [1.29, 1.82) is 5.26 Å². The Kier molecular flexibility index (Phi) is 5.56. The molecule has 1 aromatic rings. The highest BCUT2D eigenvalue weighted by Crippen LogP contribution is 2.35. The standard InChI is InChI=1S/C14H20N4O2S/c1-2-11(19)13-12(16)10(9-15)14(21-13)17-3-4-18-5-7-20-8-6-18/h17H,2-8,16H2,1H3. The first-order valence-electron chi connectivity index (χ1n) is 7.06. The summed E-state index contributed by atoms with van der Waals surface area (Å²) in [5.74, 6) is -0.0183. The molecular weight excluding hydrogens is 288 g/mol. The van der Waals surface area contributed by atoms with E-state index in [1.807, 2.05) is 0 Å². The van der Waals surface area contributed by atoms with Gasteiger partial charge >= 0.3 is 0 Å². The number of rotatable bonds is 6. The van der Waals surface area contributed by atoms with Crippen molar-refractivity contribution in [2.45, 2.75) is 13.3 Å². The van der Waals surface area contributed by atoms with Crippen molar-refractivity contribution in [3.8, 4) is 6.07 Å². The lowest BCUT2D eigenvalue weighted by Gasteiger charge is -2.26. The van der Waals surface area contributed by atoms with Crippen LogP contribution < -0.4 is 11.1 Å². The first-order chi connectivity index (χ1) is 10.2. The average Bonchev–Trinajstić information content (AvgIpc) is 2.83. The van der Waals surface area contributed by atoms with E-state index in [-0.39, 0.29) is 5.78 Å². The number of morpholine rings is 1. The second kappa shape index (κ2) is 7.41. The molecule has 0 spiro atoms. The molecule has 3 N–H and O–H groups in total. The molecule has 0 saturated carbocycles. The molecule has 114 valence electrons. The number of hydrogen-bond donors (Lipinski definition) is 2. The number of ether oxygens (including phenoxy) is 1. The Morgan fingerprint density at radius 1 is 1.52 bits per heavy atom. The van der Waals surface area contributed by atoms with Crippen LogP contribution in [0.25, 0.3) is 0 Å². The van der Waals surface area contributed by atoms with Gasteiger partial charge in [-0.1, -0.05) is 6.92 Å².